The number of hydrogen-bond donors (Lipinski definition) is 2. The van der Waals surface area contributed by atoms with Crippen LogP contribution in [-0.4, -0.2) is 37.0 Å². The Kier molecular flexibility index (Phi) is 7.12. The fourth-order valence-corrected chi connectivity index (χ4v) is 4.91. The highest BCUT2D eigenvalue weighted by molar-refractivity contribution is 5.90. The molecular weight excluding hydrogens is 583 g/mol. The van der Waals surface area contributed by atoms with Gasteiger partial charge in [0.1, 0.15) is 23.6 Å². The molecule has 2 N–H and O–H groups in total. The molecule has 0 unspecified atom stereocenters. The van der Waals surface area contributed by atoms with E-state index in [2.05, 4.69) is 15.1 Å². The molecule has 0 bridgehead atoms. The van der Waals surface area contributed by atoms with Crippen LogP contribution < -0.4 is 4.74 Å². The largest absolute Gasteiger partial charge is 0.478 e. The fourth-order valence-electron chi connectivity index (χ4n) is 4.91. The van der Waals surface area contributed by atoms with Gasteiger partial charge in [0.05, 0.1) is 22.3 Å². The molecule has 4 aromatic carbocycles. The molecule has 0 spiro atoms. The number of nitrogens with zero attached hydrogens (tertiary/aromatic N) is 3. The lowest BCUT2D eigenvalue weighted by Gasteiger charge is -2.11. The molecule has 0 saturated carbocycles. The first-order valence-corrected chi connectivity index (χ1v) is 13.2. The Morgan fingerprint density at radius 3 is 2.18 bits per heavy atom. The third-order valence-corrected chi connectivity index (χ3v) is 7.03. The summed E-state index contributed by atoms with van der Waals surface area (Å²) in [4.78, 5) is 18.2. The van der Waals surface area contributed by atoms with E-state index in [4.69, 9.17) is 4.74 Å². The summed E-state index contributed by atoms with van der Waals surface area (Å²) in [6.07, 6.45) is -3.10. The smallest absolute Gasteiger partial charge is 0.408 e. The molecule has 44 heavy (non-hydrogen) atoms. The second-order valence-corrected chi connectivity index (χ2v) is 10.0. The van der Waals surface area contributed by atoms with Gasteiger partial charge in [-0.3, -0.25) is 4.68 Å². The van der Waals surface area contributed by atoms with Gasteiger partial charge in [0, 0.05) is 12.3 Å². The summed E-state index contributed by atoms with van der Waals surface area (Å²) >= 11 is 0. The molecule has 0 radical (unpaired) electrons. The minimum Gasteiger partial charge on any atom is -0.478 e. The summed E-state index contributed by atoms with van der Waals surface area (Å²) in [5.74, 6) is -2.72. The van der Waals surface area contributed by atoms with Crippen molar-refractivity contribution in [3.05, 3.63) is 108 Å². The number of aromatic amines is 1. The number of rotatable bonds is 7. The third-order valence-electron chi connectivity index (χ3n) is 7.03. The van der Waals surface area contributed by atoms with Gasteiger partial charge in [-0.15, -0.1) is 0 Å². The summed E-state index contributed by atoms with van der Waals surface area (Å²) in [5.41, 5.74) is 2.76. The molecule has 7 nitrogen and oxygen atoms in total. The third kappa shape index (κ3) is 5.61. The number of ether oxygens (including phenoxy) is 1. The number of aromatic carboxylic acids is 1. The highest BCUT2D eigenvalue weighted by atomic mass is 19.4. The van der Waals surface area contributed by atoms with Crippen molar-refractivity contribution in [2.45, 2.75) is 19.6 Å². The van der Waals surface area contributed by atoms with E-state index in [1.807, 2.05) is 0 Å². The van der Waals surface area contributed by atoms with Gasteiger partial charge >= 0.3 is 12.1 Å². The second kappa shape index (κ2) is 11.0. The van der Waals surface area contributed by atoms with Gasteiger partial charge in [-0.05, 0) is 52.9 Å². The highest BCUT2D eigenvalue weighted by Crippen LogP contribution is 2.35. The molecule has 12 heteroatoms. The summed E-state index contributed by atoms with van der Waals surface area (Å²) in [7, 11) is 0. The van der Waals surface area contributed by atoms with Crippen LogP contribution in [0.25, 0.3) is 44.5 Å². The van der Waals surface area contributed by atoms with E-state index in [0.29, 0.717) is 16.8 Å². The predicted molar refractivity (Wildman–Crippen MR) is 152 cm³/mol. The fraction of sp³-hybridized carbons (Fsp3) is 0.0938. The topological polar surface area (TPSA) is 93.0 Å². The number of aromatic nitrogens is 4. The molecule has 6 aromatic rings. The zero-order valence-electron chi connectivity index (χ0n) is 22.8. The van der Waals surface area contributed by atoms with E-state index in [1.165, 1.54) is 24.4 Å². The van der Waals surface area contributed by atoms with Crippen LogP contribution in [0.2, 0.25) is 0 Å². The van der Waals surface area contributed by atoms with Crippen LogP contribution in [0, 0.1) is 18.6 Å². The summed E-state index contributed by atoms with van der Waals surface area (Å²) < 4.78 is 75.9. The van der Waals surface area contributed by atoms with Crippen LogP contribution >= 0.6 is 0 Å². The Labute approximate surface area is 246 Å². The lowest BCUT2D eigenvalue weighted by Crippen LogP contribution is -2.19. The van der Waals surface area contributed by atoms with Crippen molar-refractivity contribution in [2.75, 3.05) is 0 Å². The van der Waals surface area contributed by atoms with Crippen LogP contribution in [0.1, 0.15) is 15.9 Å². The molecular formula is C32H21F5N4O3. The maximum Gasteiger partial charge on any atom is 0.408 e. The Bertz CT molecular complexity index is 2010. The normalized spacial score (nSPS) is 11.7. The number of nitrogens with one attached hydrogen (secondary N) is 1. The minimum absolute atomic E-state index is 0.0332. The van der Waals surface area contributed by atoms with Crippen molar-refractivity contribution in [3.8, 4) is 45.3 Å². The molecule has 0 atom stereocenters. The van der Waals surface area contributed by atoms with Crippen LogP contribution in [0.15, 0.2) is 85.1 Å². The molecule has 0 fully saturated rings. The standard InChI is InChI=1S/C32H21F5N4O3/c1-17-2-11-22(14-23(17)30(42)43)44-31-39-25-15-24(33)27(28(34)29(25)40-31)21-9-5-19(6-10-21)18-3-7-20(8-4-18)26-12-13-38-41(26)16-32(35,36)37/h2-15H,16H2,1H3,(H,39,40)(H,42,43). The van der Waals surface area contributed by atoms with Crippen molar-refractivity contribution in [1.29, 1.82) is 0 Å². The molecule has 0 aliphatic heterocycles. The average Bonchev–Trinajstić information content (AvgIpc) is 3.60. The second-order valence-electron chi connectivity index (χ2n) is 10.0. The van der Waals surface area contributed by atoms with Gasteiger partial charge in [0.2, 0.25) is 0 Å². The van der Waals surface area contributed by atoms with Crippen LogP contribution in [0.4, 0.5) is 22.0 Å². The van der Waals surface area contributed by atoms with Gasteiger partial charge in [-0.2, -0.15) is 23.3 Å². The molecule has 0 saturated heterocycles. The van der Waals surface area contributed by atoms with Gasteiger partial charge in [0.25, 0.3) is 6.01 Å². The lowest BCUT2D eigenvalue weighted by molar-refractivity contribution is -0.142. The van der Waals surface area contributed by atoms with E-state index in [0.717, 1.165) is 21.9 Å². The number of hydrogen-bond acceptors (Lipinski definition) is 4. The maximum atomic E-state index is 15.6. The molecule has 2 aromatic heterocycles. The number of carboxylic acids is 1. The number of carboxylic acid groups (broad SMARTS) is 1. The number of imidazole rings is 1. The first kappa shape index (κ1) is 28.6. The predicted octanol–water partition coefficient (Wildman–Crippen LogP) is 8.40. The zero-order valence-corrected chi connectivity index (χ0v) is 22.8. The molecule has 0 aliphatic carbocycles. The van der Waals surface area contributed by atoms with Gasteiger partial charge < -0.3 is 14.8 Å². The van der Waals surface area contributed by atoms with E-state index in [9.17, 15) is 23.1 Å². The summed E-state index contributed by atoms with van der Waals surface area (Å²) in [5, 5.41) is 13.1. The van der Waals surface area contributed by atoms with E-state index >= 15 is 8.78 Å². The van der Waals surface area contributed by atoms with Crippen LogP contribution in [0.5, 0.6) is 11.8 Å². The molecule has 222 valence electrons. The van der Waals surface area contributed by atoms with Crippen molar-refractivity contribution in [1.82, 2.24) is 19.7 Å². The van der Waals surface area contributed by atoms with Crippen molar-refractivity contribution < 1.29 is 36.6 Å². The van der Waals surface area contributed by atoms with Crippen molar-refractivity contribution in [3.63, 3.8) is 0 Å². The molecule has 6 rings (SSSR count). The minimum atomic E-state index is -4.41. The Morgan fingerprint density at radius 1 is 0.909 bits per heavy atom. The van der Waals surface area contributed by atoms with E-state index in [-0.39, 0.29) is 39.5 Å². The van der Waals surface area contributed by atoms with Gasteiger partial charge in [-0.25, -0.2) is 13.6 Å². The van der Waals surface area contributed by atoms with Gasteiger partial charge in [0.15, 0.2) is 5.82 Å². The van der Waals surface area contributed by atoms with E-state index < -0.39 is 30.3 Å². The Morgan fingerprint density at radius 2 is 1.55 bits per heavy atom. The SMILES string of the molecule is Cc1ccc(Oc2nc3c(F)c(-c4ccc(-c5ccc(-c6ccnn6CC(F)(F)F)cc5)cc4)c(F)cc3[nH]2)cc1C(=O)O. The quantitative estimate of drug-likeness (QED) is 0.179. The van der Waals surface area contributed by atoms with E-state index in [1.54, 1.807) is 61.5 Å². The number of benzene rings is 4. The lowest BCUT2D eigenvalue weighted by atomic mass is 9.98. The number of halogens is 5. The first-order chi connectivity index (χ1) is 21.0. The maximum absolute atomic E-state index is 15.6. The zero-order chi connectivity index (χ0) is 31.2. The number of fused-ring (bicyclic) bond motifs is 1. The molecule has 2 heterocycles. The Hall–Kier alpha value is -5.52. The average molecular weight is 605 g/mol. The summed E-state index contributed by atoms with van der Waals surface area (Å²) in [6, 6.07) is 20.2. The van der Waals surface area contributed by atoms with Crippen molar-refractivity contribution in [2.24, 2.45) is 0 Å². The number of aryl methyl sites for hydroxylation is 1. The number of alkyl halides is 3. The van der Waals surface area contributed by atoms with Crippen molar-refractivity contribution >= 4 is 17.0 Å². The summed E-state index contributed by atoms with van der Waals surface area (Å²) in [6.45, 7) is 0.434. The van der Waals surface area contributed by atoms with Crippen LogP contribution in [0.3, 0.4) is 0 Å². The molecule has 0 aliphatic rings. The highest BCUT2D eigenvalue weighted by Gasteiger charge is 2.29. The van der Waals surface area contributed by atoms with Crippen LogP contribution in [-0.2, 0) is 6.54 Å². The Balaban J connectivity index is 1.25. The monoisotopic (exact) mass is 604 g/mol. The van der Waals surface area contributed by atoms with Gasteiger partial charge in [-0.1, -0.05) is 54.6 Å². The first-order valence-electron chi connectivity index (χ1n) is 13.2. The number of H-pyrrole nitrogens is 1. The number of carbonyl (C=O) groups is 1. The molecule has 0 amide bonds.